The maximum atomic E-state index is 12.2. The Bertz CT molecular complexity index is 892. The number of carbonyl (C=O) groups is 1. The second-order valence-electron chi connectivity index (χ2n) is 4.80. The van der Waals surface area contributed by atoms with E-state index in [4.69, 9.17) is 0 Å². The van der Waals surface area contributed by atoms with Crippen LogP contribution in [0.2, 0.25) is 0 Å². The minimum atomic E-state index is -0.507. The van der Waals surface area contributed by atoms with E-state index in [0.717, 1.165) is 15.7 Å². The van der Waals surface area contributed by atoms with Crippen LogP contribution < -0.4 is 5.32 Å². The van der Waals surface area contributed by atoms with Crippen LogP contribution in [-0.2, 0) is 0 Å². The molecule has 1 heterocycles. The van der Waals surface area contributed by atoms with Gasteiger partial charge in [0.15, 0.2) is 5.13 Å². The number of non-ortho nitro benzene ring substituents is 1. The fourth-order valence-corrected chi connectivity index (χ4v) is 2.97. The molecule has 120 valence electrons. The van der Waals surface area contributed by atoms with Gasteiger partial charge in [-0.2, -0.15) is 0 Å². The number of aromatic nitrogens is 1. The van der Waals surface area contributed by atoms with Crippen LogP contribution in [0.1, 0.15) is 10.4 Å². The number of rotatable bonds is 4. The van der Waals surface area contributed by atoms with Crippen LogP contribution in [0.25, 0.3) is 11.3 Å². The molecule has 8 heteroatoms. The van der Waals surface area contributed by atoms with Gasteiger partial charge in [-0.05, 0) is 24.3 Å². The van der Waals surface area contributed by atoms with E-state index in [2.05, 4.69) is 26.2 Å². The number of carbonyl (C=O) groups excluding carboxylic acids is 1. The Morgan fingerprint density at radius 3 is 2.42 bits per heavy atom. The van der Waals surface area contributed by atoms with Crippen LogP contribution in [0.3, 0.4) is 0 Å². The topological polar surface area (TPSA) is 85.1 Å². The van der Waals surface area contributed by atoms with Crippen LogP contribution >= 0.6 is 27.3 Å². The minimum Gasteiger partial charge on any atom is -0.298 e. The van der Waals surface area contributed by atoms with Gasteiger partial charge in [0.25, 0.3) is 11.6 Å². The number of nitrogens with one attached hydrogen (secondary N) is 1. The summed E-state index contributed by atoms with van der Waals surface area (Å²) in [5, 5.41) is 15.6. The lowest BCUT2D eigenvalue weighted by molar-refractivity contribution is -0.384. The third kappa shape index (κ3) is 3.66. The average molecular weight is 404 g/mol. The molecule has 0 fully saturated rings. The highest BCUT2D eigenvalue weighted by atomic mass is 79.9. The number of anilines is 1. The molecule has 24 heavy (non-hydrogen) atoms. The van der Waals surface area contributed by atoms with Crippen molar-refractivity contribution in [2.75, 3.05) is 5.32 Å². The van der Waals surface area contributed by atoms with Gasteiger partial charge in [0.1, 0.15) is 0 Å². The predicted molar refractivity (Wildman–Crippen MR) is 96.3 cm³/mol. The Kier molecular flexibility index (Phi) is 4.68. The molecule has 0 spiro atoms. The van der Waals surface area contributed by atoms with Crippen molar-refractivity contribution in [2.45, 2.75) is 0 Å². The van der Waals surface area contributed by atoms with Crippen molar-refractivity contribution in [3.8, 4) is 11.3 Å². The molecule has 0 saturated carbocycles. The second kappa shape index (κ2) is 6.90. The molecule has 1 N–H and O–H groups in total. The van der Waals surface area contributed by atoms with Crippen LogP contribution in [0.4, 0.5) is 10.8 Å². The molecule has 1 amide bonds. The molecule has 0 aliphatic carbocycles. The third-order valence-electron chi connectivity index (χ3n) is 3.20. The molecule has 0 aliphatic rings. The van der Waals surface area contributed by atoms with Crippen molar-refractivity contribution in [3.05, 3.63) is 74.1 Å². The Hall–Kier alpha value is -2.58. The highest BCUT2D eigenvalue weighted by molar-refractivity contribution is 9.10. The van der Waals surface area contributed by atoms with E-state index in [1.54, 1.807) is 0 Å². The van der Waals surface area contributed by atoms with E-state index < -0.39 is 4.92 Å². The number of halogens is 1. The minimum absolute atomic E-state index is 0.0571. The first-order valence-corrected chi connectivity index (χ1v) is 8.47. The highest BCUT2D eigenvalue weighted by Crippen LogP contribution is 2.26. The van der Waals surface area contributed by atoms with Gasteiger partial charge in [-0.3, -0.25) is 20.2 Å². The van der Waals surface area contributed by atoms with E-state index in [9.17, 15) is 14.9 Å². The van der Waals surface area contributed by atoms with Crippen molar-refractivity contribution < 1.29 is 9.72 Å². The number of amides is 1. The van der Waals surface area contributed by atoms with Gasteiger partial charge in [-0.1, -0.05) is 28.1 Å². The monoisotopic (exact) mass is 403 g/mol. The number of benzene rings is 2. The number of nitro groups is 1. The highest BCUT2D eigenvalue weighted by Gasteiger charge is 2.12. The molecule has 0 saturated heterocycles. The molecular weight excluding hydrogens is 394 g/mol. The van der Waals surface area contributed by atoms with Gasteiger partial charge < -0.3 is 0 Å². The van der Waals surface area contributed by atoms with Gasteiger partial charge in [-0.25, -0.2) is 4.98 Å². The normalized spacial score (nSPS) is 10.4. The summed E-state index contributed by atoms with van der Waals surface area (Å²) in [5.41, 5.74) is 2.00. The Morgan fingerprint density at radius 1 is 1.12 bits per heavy atom. The number of hydrogen-bond donors (Lipinski definition) is 1. The fourth-order valence-electron chi connectivity index (χ4n) is 1.99. The van der Waals surface area contributed by atoms with Crippen LogP contribution in [0.15, 0.2) is 58.4 Å². The van der Waals surface area contributed by atoms with Gasteiger partial charge in [0, 0.05) is 33.1 Å². The summed E-state index contributed by atoms with van der Waals surface area (Å²) >= 11 is 4.70. The molecule has 0 atom stereocenters. The van der Waals surface area contributed by atoms with Crippen LogP contribution in [-0.4, -0.2) is 15.8 Å². The molecule has 0 bridgehead atoms. The lowest BCUT2D eigenvalue weighted by Gasteiger charge is -2.01. The summed E-state index contributed by atoms with van der Waals surface area (Å²) in [4.78, 5) is 26.7. The lowest BCUT2D eigenvalue weighted by atomic mass is 10.2. The van der Waals surface area contributed by atoms with Gasteiger partial charge in [0.2, 0.25) is 0 Å². The molecule has 0 aliphatic heterocycles. The molecule has 6 nitrogen and oxygen atoms in total. The van der Waals surface area contributed by atoms with E-state index in [1.165, 1.54) is 35.6 Å². The van der Waals surface area contributed by atoms with Crippen molar-refractivity contribution in [1.29, 1.82) is 0 Å². The van der Waals surface area contributed by atoms with Crippen molar-refractivity contribution in [2.24, 2.45) is 0 Å². The van der Waals surface area contributed by atoms with Crippen molar-refractivity contribution >= 4 is 44.0 Å². The van der Waals surface area contributed by atoms with Crippen LogP contribution in [0, 0.1) is 10.1 Å². The van der Waals surface area contributed by atoms with E-state index in [-0.39, 0.29) is 11.6 Å². The smallest absolute Gasteiger partial charge is 0.269 e. The Labute approximate surface area is 149 Å². The SMILES string of the molecule is O=C(Nc1nc(-c2ccc(Br)cc2)cs1)c1ccc([N+](=O)[O-])cc1. The van der Waals surface area contributed by atoms with E-state index >= 15 is 0 Å². The van der Waals surface area contributed by atoms with Crippen LogP contribution in [0.5, 0.6) is 0 Å². The molecule has 0 radical (unpaired) electrons. The largest absolute Gasteiger partial charge is 0.298 e. The third-order valence-corrected chi connectivity index (χ3v) is 4.49. The lowest BCUT2D eigenvalue weighted by Crippen LogP contribution is -2.11. The predicted octanol–water partition coefficient (Wildman–Crippen LogP) is 4.73. The summed E-state index contributed by atoms with van der Waals surface area (Å²) in [6.45, 7) is 0. The first-order chi connectivity index (χ1) is 11.5. The number of nitro benzene ring substituents is 1. The summed E-state index contributed by atoms with van der Waals surface area (Å²) in [6, 6.07) is 13.1. The molecule has 3 rings (SSSR count). The summed E-state index contributed by atoms with van der Waals surface area (Å²) in [6.07, 6.45) is 0. The Morgan fingerprint density at radius 2 is 1.79 bits per heavy atom. The first kappa shape index (κ1) is 16.3. The number of thiazole rings is 1. The van der Waals surface area contributed by atoms with Crippen molar-refractivity contribution in [1.82, 2.24) is 4.98 Å². The van der Waals surface area contributed by atoms with Gasteiger partial charge in [-0.15, -0.1) is 11.3 Å². The quantitative estimate of drug-likeness (QED) is 0.503. The first-order valence-electron chi connectivity index (χ1n) is 6.80. The molecule has 3 aromatic rings. The summed E-state index contributed by atoms with van der Waals surface area (Å²) in [7, 11) is 0. The molecule has 0 unspecified atom stereocenters. The zero-order chi connectivity index (χ0) is 17.1. The number of nitrogens with zero attached hydrogens (tertiary/aromatic N) is 2. The zero-order valence-electron chi connectivity index (χ0n) is 12.1. The van der Waals surface area contributed by atoms with Gasteiger partial charge >= 0.3 is 0 Å². The standard InChI is InChI=1S/C16H10BrN3O3S/c17-12-5-1-10(2-6-12)14-9-24-16(18-14)19-15(21)11-3-7-13(8-4-11)20(22)23/h1-9H,(H,18,19,21). The molecule has 2 aromatic carbocycles. The second-order valence-corrected chi connectivity index (χ2v) is 6.58. The van der Waals surface area contributed by atoms with Gasteiger partial charge in [0.05, 0.1) is 10.6 Å². The van der Waals surface area contributed by atoms with E-state index in [0.29, 0.717) is 10.7 Å². The summed E-state index contributed by atoms with van der Waals surface area (Å²) in [5.74, 6) is -0.360. The Balaban J connectivity index is 1.73. The zero-order valence-corrected chi connectivity index (χ0v) is 14.5. The molecular formula is C16H10BrN3O3S. The van der Waals surface area contributed by atoms with E-state index in [1.807, 2.05) is 29.6 Å². The number of hydrogen-bond acceptors (Lipinski definition) is 5. The summed E-state index contributed by atoms with van der Waals surface area (Å²) < 4.78 is 0.980. The average Bonchev–Trinajstić information content (AvgIpc) is 3.04. The maximum absolute atomic E-state index is 12.2. The maximum Gasteiger partial charge on any atom is 0.269 e. The fraction of sp³-hybridized carbons (Fsp3) is 0. The molecule has 1 aromatic heterocycles. The van der Waals surface area contributed by atoms with Crippen molar-refractivity contribution in [3.63, 3.8) is 0 Å².